The lowest BCUT2D eigenvalue weighted by atomic mass is 9.96. The summed E-state index contributed by atoms with van der Waals surface area (Å²) in [6.07, 6.45) is 2.24. The summed E-state index contributed by atoms with van der Waals surface area (Å²) in [6.45, 7) is 13.3. The second-order valence-corrected chi connectivity index (χ2v) is 6.01. The molecule has 0 amide bonds. The van der Waals surface area contributed by atoms with E-state index in [4.69, 9.17) is 4.74 Å². The van der Waals surface area contributed by atoms with Gasteiger partial charge in [-0.25, -0.2) is 0 Å². The lowest BCUT2D eigenvalue weighted by molar-refractivity contribution is 0.0641. The van der Waals surface area contributed by atoms with Crippen molar-refractivity contribution in [1.82, 2.24) is 4.90 Å². The van der Waals surface area contributed by atoms with E-state index in [2.05, 4.69) is 39.5 Å². The molecule has 0 bridgehead atoms. The van der Waals surface area contributed by atoms with Crippen LogP contribution in [0.5, 0.6) is 5.75 Å². The maximum atomic E-state index is 5.82. The van der Waals surface area contributed by atoms with Crippen molar-refractivity contribution in [1.29, 1.82) is 0 Å². The van der Waals surface area contributed by atoms with E-state index in [1.807, 2.05) is 30.3 Å². The molecular weight excluding hydrogens is 234 g/mol. The van der Waals surface area contributed by atoms with Crippen molar-refractivity contribution in [2.45, 2.75) is 59.0 Å². The highest BCUT2D eigenvalue weighted by atomic mass is 16.5. The van der Waals surface area contributed by atoms with Crippen LogP contribution in [0.4, 0.5) is 0 Å². The number of ether oxygens (including phenoxy) is 1. The normalized spacial score (nSPS) is 12.2. The molecule has 0 heterocycles. The van der Waals surface area contributed by atoms with Crippen LogP contribution < -0.4 is 4.74 Å². The van der Waals surface area contributed by atoms with Gasteiger partial charge in [-0.05, 0) is 59.2 Å². The minimum atomic E-state index is 0.180. The summed E-state index contributed by atoms with van der Waals surface area (Å²) in [6, 6.07) is 10.6. The van der Waals surface area contributed by atoms with Gasteiger partial charge in [-0.3, -0.25) is 4.90 Å². The number of hydrogen-bond acceptors (Lipinski definition) is 2. The number of para-hydroxylation sites is 1. The molecule has 2 heteroatoms. The largest absolute Gasteiger partial charge is 0.494 e. The van der Waals surface area contributed by atoms with Crippen molar-refractivity contribution in [2.24, 2.45) is 0 Å². The third-order valence-electron chi connectivity index (χ3n) is 3.59. The molecule has 2 nitrogen and oxygen atoms in total. The van der Waals surface area contributed by atoms with Crippen molar-refractivity contribution < 1.29 is 4.74 Å². The second kappa shape index (κ2) is 7.54. The Hall–Kier alpha value is -1.02. The van der Waals surface area contributed by atoms with Gasteiger partial charge in [0, 0.05) is 11.6 Å². The molecule has 0 aromatic heterocycles. The van der Waals surface area contributed by atoms with Crippen LogP contribution in [0.15, 0.2) is 30.3 Å². The molecule has 0 spiro atoms. The highest BCUT2D eigenvalue weighted by molar-refractivity contribution is 5.20. The Labute approximate surface area is 118 Å². The molecule has 1 aromatic carbocycles. The lowest BCUT2D eigenvalue weighted by Gasteiger charge is -2.41. The Morgan fingerprint density at radius 3 is 2.32 bits per heavy atom. The van der Waals surface area contributed by atoms with E-state index in [1.165, 1.54) is 6.42 Å². The van der Waals surface area contributed by atoms with Crippen molar-refractivity contribution in [3.63, 3.8) is 0 Å². The Balaban J connectivity index is 2.49. The number of rotatable bonds is 8. The Kier molecular flexibility index (Phi) is 6.36. The zero-order chi connectivity index (χ0) is 14.3. The minimum absolute atomic E-state index is 0.180. The van der Waals surface area contributed by atoms with Gasteiger partial charge in [0.25, 0.3) is 0 Å². The molecule has 1 aromatic rings. The Bertz CT molecular complexity index is 346. The second-order valence-electron chi connectivity index (χ2n) is 6.01. The molecule has 0 unspecified atom stereocenters. The maximum Gasteiger partial charge on any atom is 0.119 e. The van der Waals surface area contributed by atoms with E-state index in [0.29, 0.717) is 6.04 Å². The summed E-state index contributed by atoms with van der Waals surface area (Å²) >= 11 is 0. The standard InChI is InChI=1S/C17H29NO/c1-6-13-18(15(2)3)17(4,5)12-14-19-16-10-8-7-9-11-16/h7-11,15H,6,12-14H2,1-5H3. The average Bonchev–Trinajstić information content (AvgIpc) is 2.36. The molecule has 0 aliphatic heterocycles. The molecule has 1 rings (SSSR count). The van der Waals surface area contributed by atoms with Gasteiger partial charge in [0.2, 0.25) is 0 Å². The molecule has 0 aliphatic carbocycles. The van der Waals surface area contributed by atoms with Gasteiger partial charge < -0.3 is 4.74 Å². The topological polar surface area (TPSA) is 12.5 Å². The SMILES string of the molecule is CCCN(C(C)C)C(C)(C)CCOc1ccccc1. The van der Waals surface area contributed by atoms with E-state index in [9.17, 15) is 0 Å². The summed E-state index contributed by atoms with van der Waals surface area (Å²) in [4.78, 5) is 2.57. The van der Waals surface area contributed by atoms with Gasteiger partial charge >= 0.3 is 0 Å². The smallest absolute Gasteiger partial charge is 0.119 e. The van der Waals surface area contributed by atoms with Gasteiger partial charge in [-0.1, -0.05) is 25.1 Å². The predicted octanol–water partition coefficient (Wildman–Crippen LogP) is 4.35. The monoisotopic (exact) mass is 263 g/mol. The van der Waals surface area contributed by atoms with Crippen LogP contribution in [-0.2, 0) is 0 Å². The van der Waals surface area contributed by atoms with Crippen LogP contribution in [-0.4, -0.2) is 29.6 Å². The Morgan fingerprint density at radius 1 is 1.16 bits per heavy atom. The van der Waals surface area contributed by atoms with Crippen molar-refractivity contribution in [2.75, 3.05) is 13.2 Å². The fraction of sp³-hybridized carbons (Fsp3) is 0.647. The highest BCUT2D eigenvalue weighted by Crippen LogP contribution is 2.22. The van der Waals surface area contributed by atoms with Gasteiger partial charge in [0.05, 0.1) is 6.61 Å². The van der Waals surface area contributed by atoms with Gasteiger partial charge in [0.15, 0.2) is 0 Å². The molecular formula is C17H29NO. The van der Waals surface area contributed by atoms with Crippen LogP contribution in [0.3, 0.4) is 0 Å². The average molecular weight is 263 g/mol. The maximum absolute atomic E-state index is 5.82. The molecule has 0 aliphatic rings. The summed E-state index contributed by atoms with van der Waals surface area (Å²) in [5.41, 5.74) is 0.180. The van der Waals surface area contributed by atoms with E-state index in [0.717, 1.165) is 25.3 Å². The molecule has 0 saturated carbocycles. The van der Waals surface area contributed by atoms with Crippen LogP contribution in [0.1, 0.15) is 47.5 Å². The van der Waals surface area contributed by atoms with E-state index in [1.54, 1.807) is 0 Å². The first-order chi connectivity index (χ1) is 8.97. The zero-order valence-electron chi connectivity index (χ0n) is 13.1. The van der Waals surface area contributed by atoms with Crippen LogP contribution in [0, 0.1) is 0 Å². The quantitative estimate of drug-likeness (QED) is 0.691. The first-order valence-electron chi connectivity index (χ1n) is 7.42. The third-order valence-corrected chi connectivity index (χ3v) is 3.59. The number of nitrogens with zero attached hydrogens (tertiary/aromatic N) is 1. The molecule has 0 atom stereocenters. The molecule has 0 radical (unpaired) electrons. The fourth-order valence-electron chi connectivity index (χ4n) is 2.58. The van der Waals surface area contributed by atoms with Gasteiger partial charge in [-0.2, -0.15) is 0 Å². The van der Waals surface area contributed by atoms with Crippen LogP contribution in [0.2, 0.25) is 0 Å². The molecule has 0 saturated heterocycles. The van der Waals surface area contributed by atoms with E-state index < -0.39 is 0 Å². The minimum Gasteiger partial charge on any atom is -0.494 e. The van der Waals surface area contributed by atoms with E-state index in [-0.39, 0.29) is 5.54 Å². The summed E-state index contributed by atoms with van der Waals surface area (Å²) in [7, 11) is 0. The van der Waals surface area contributed by atoms with Crippen LogP contribution >= 0.6 is 0 Å². The van der Waals surface area contributed by atoms with Crippen molar-refractivity contribution >= 4 is 0 Å². The summed E-state index contributed by atoms with van der Waals surface area (Å²) in [5, 5.41) is 0. The first-order valence-corrected chi connectivity index (χ1v) is 7.42. The predicted molar refractivity (Wildman–Crippen MR) is 82.8 cm³/mol. The Morgan fingerprint density at radius 2 is 1.79 bits per heavy atom. The van der Waals surface area contributed by atoms with E-state index >= 15 is 0 Å². The summed E-state index contributed by atoms with van der Waals surface area (Å²) in [5.74, 6) is 0.963. The third kappa shape index (κ3) is 5.23. The van der Waals surface area contributed by atoms with Gasteiger partial charge in [-0.15, -0.1) is 0 Å². The highest BCUT2D eigenvalue weighted by Gasteiger charge is 2.27. The zero-order valence-corrected chi connectivity index (χ0v) is 13.1. The number of hydrogen-bond donors (Lipinski definition) is 0. The van der Waals surface area contributed by atoms with Crippen LogP contribution in [0.25, 0.3) is 0 Å². The molecule has 0 N–H and O–H groups in total. The first kappa shape index (κ1) is 16.0. The molecule has 0 fully saturated rings. The number of benzene rings is 1. The van der Waals surface area contributed by atoms with Crippen molar-refractivity contribution in [3.05, 3.63) is 30.3 Å². The van der Waals surface area contributed by atoms with Gasteiger partial charge in [0.1, 0.15) is 5.75 Å². The van der Waals surface area contributed by atoms with Crippen molar-refractivity contribution in [3.8, 4) is 5.75 Å². The lowest BCUT2D eigenvalue weighted by Crippen LogP contribution is -2.49. The molecule has 108 valence electrons. The molecule has 19 heavy (non-hydrogen) atoms. The fourth-order valence-corrected chi connectivity index (χ4v) is 2.58. The summed E-state index contributed by atoms with van der Waals surface area (Å²) < 4.78 is 5.82.